The first kappa shape index (κ1) is 44.9. The van der Waals surface area contributed by atoms with Crippen LogP contribution in [-0.4, -0.2) is 143 Å². The molecule has 0 aliphatic rings. The summed E-state index contributed by atoms with van der Waals surface area (Å²) in [6.45, 7) is 4.97. The zero-order chi connectivity index (χ0) is 40.4. The molecule has 0 bridgehead atoms. The van der Waals surface area contributed by atoms with Gasteiger partial charge >= 0.3 is 5.97 Å². The number of ether oxygens (including phenoxy) is 7. The number of nitro benzene ring substituents is 2. The number of non-ortho nitro benzene ring substituents is 1. The number of carbonyl (C=O) groups excluding carboxylic acids is 2. The van der Waals surface area contributed by atoms with Gasteiger partial charge in [0.1, 0.15) is 23.7 Å². The molecule has 21 heteroatoms. The predicted molar refractivity (Wildman–Crippen MR) is 199 cm³/mol. The van der Waals surface area contributed by atoms with Crippen LogP contribution in [0, 0.1) is 20.2 Å². The Hall–Kier alpha value is -5.45. The van der Waals surface area contributed by atoms with E-state index in [1.807, 2.05) is 0 Å². The molecule has 0 saturated carbocycles. The smallest absolute Gasteiger partial charge is 0.352 e. The number of aromatic nitrogens is 1. The molecular weight excluding hydrogens is 744 g/mol. The molecular formula is C35H48N6O15. The van der Waals surface area contributed by atoms with E-state index in [2.05, 4.69) is 20.9 Å². The van der Waals surface area contributed by atoms with Crippen molar-refractivity contribution in [2.75, 3.05) is 111 Å². The van der Waals surface area contributed by atoms with Gasteiger partial charge in [0.05, 0.1) is 95.2 Å². The number of H-pyrrole nitrogens is 1. The standard InChI is InChI=1S/C35H48N6O15/c42-33(37-8-11-51-14-17-53-16-13-50-10-7-36-29-4-2-27(40(46)47)24-32(29)41(48)49)5-6-34(43)38-9-12-52-15-18-54-19-20-55-21-22-56-28-3-1-26-23-31(35(44)45)39-30(26)25-28/h1-4,23-25,36,39H,5-22H2,(H,37,42)(H,38,43)(H,44,45). The van der Waals surface area contributed by atoms with Gasteiger partial charge in [-0.25, -0.2) is 4.79 Å². The summed E-state index contributed by atoms with van der Waals surface area (Å²) in [6.07, 6.45) is 0.0795. The first-order valence-electron chi connectivity index (χ1n) is 17.8. The van der Waals surface area contributed by atoms with Gasteiger partial charge in [0.2, 0.25) is 11.8 Å². The van der Waals surface area contributed by atoms with E-state index < -0.39 is 21.5 Å². The first-order valence-corrected chi connectivity index (χ1v) is 17.8. The van der Waals surface area contributed by atoms with E-state index in [0.717, 1.165) is 11.5 Å². The SMILES string of the molecule is O=C(CCC(=O)NCCOCCOCCOCCOc1ccc2cc(C(=O)O)[nH]c2c1)NCCOCCOCCOCCNc1ccc([N+](=O)[O-])cc1[N+](=O)[O-]. The molecule has 0 saturated heterocycles. The maximum Gasteiger partial charge on any atom is 0.352 e. The molecule has 0 aliphatic heterocycles. The monoisotopic (exact) mass is 792 g/mol. The zero-order valence-corrected chi connectivity index (χ0v) is 30.8. The molecule has 3 aromatic rings. The Morgan fingerprint density at radius 2 is 1.14 bits per heavy atom. The lowest BCUT2D eigenvalue weighted by Gasteiger charge is -2.09. The lowest BCUT2D eigenvalue weighted by Crippen LogP contribution is -2.31. The number of nitrogens with zero attached hydrogens (tertiary/aromatic N) is 2. The van der Waals surface area contributed by atoms with E-state index in [0.29, 0.717) is 83.9 Å². The molecule has 21 nitrogen and oxygen atoms in total. The van der Waals surface area contributed by atoms with Crippen LogP contribution in [0.2, 0.25) is 0 Å². The number of carboxylic acid groups (broad SMARTS) is 1. The minimum absolute atomic E-state index is 0.0384. The Bertz CT molecular complexity index is 1690. The summed E-state index contributed by atoms with van der Waals surface area (Å²) in [5.74, 6) is -0.957. The Morgan fingerprint density at radius 3 is 1.66 bits per heavy atom. The highest BCUT2D eigenvalue weighted by molar-refractivity contribution is 5.94. The van der Waals surface area contributed by atoms with Crippen molar-refractivity contribution in [2.45, 2.75) is 12.8 Å². The molecule has 308 valence electrons. The highest BCUT2D eigenvalue weighted by atomic mass is 16.6. The largest absolute Gasteiger partial charge is 0.491 e. The molecule has 1 aromatic heterocycles. The summed E-state index contributed by atoms with van der Waals surface area (Å²) in [6, 6.07) is 10.2. The average Bonchev–Trinajstić information content (AvgIpc) is 3.61. The first-order chi connectivity index (χ1) is 27.1. The van der Waals surface area contributed by atoms with Gasteiger partial charge < -0.3 is 59.2 Å². The van der Waals surface area contributed by atoms with Crippen LogP contribution in [0.1, 0.15) is 23.3 Å². The quantitative estimate of drug-likeness (QED) is 0.0345. The Morgan fingerprint density at radius 1 is 0.625 bits per heavy atom. The van der Waals surface area contributed by atoms with Crippen molar-refractivity contribution in [2.24, 2.45) is 0 Å². The van der Waals surface area contributed by atoms with Crippen molar-refractivity contribution in [3.63, 3.8) is 0 Å². The predicted octanol–water partition coefficient (Wildman–Crippen LogP) is 2.29. The van der Waals surface area contributed by atoms with Gasteiger partial charge in [0.15, 0.2) is 0 Å². The van der Waals surface area contributed by atoms with Crippen LogP contribution >= 0.6 is 0 Å². The molecule has 0 spiro atoms. The van der Waals surface area contributed by atoms with Gasteiger partial charge in [0, 0.05) is 55.5 Å². The van der Waals surface area contributed by atoms with Crippen molar-refractivity contribution < 1.29 is 62.5 Å². The number of benzene rings is 2. The van der Waals surface area contributed by atoms with Crippen LogP contribution in [-0.2, 0) is 38.0 Å². The molecule has 5 N–H and O–H groups in total. The van der Waals surface area contributed by atoms with E-state index in [-0.39, 0.29) is 74.6 Å². The second-order valence-electron chi connectivity index (χ2n) is 11.6. The van der Waals surface area contributed by atoms with Crippen molar-refractivity contribution in [1.82, 2.24) is 15.6 Å². The summed E-state index contributed by atoms with van der Waals surface area (Å²) in [7, 11) is 0. The van der Waals surface area contributed by atoms with E-state index in [4.69, 9.17) is 38.3 Å². The topological polar surface area (TPSA) is 274 Å². The highest BCUT2D eigenvalue weighted by Crippen LogP contribution is 2.28. The molecule has 1 heterocycles. The number of carbonyl (C=O) groups is 3. The second kappa shape index (κ2) is 26.4. The highest BCUT2D eigenvalue weighted by Gasteiger charge is 2.19. The van der Waals surface area contributed by atoms with Crippen molar-refractivity contribution in [3.05, 3.63) is 68.4 Å². The second-order valence-corrected chi connectivity index (χ2v) is 11.6. The van der Waals surface area contributed by atoms with E-state index in [1.165, 1.54) is 12.1 Å². The molecule has 0 unspecified atom stereocenters. The van der Waals surface area contributed by atoms with Gasteiger partial charge in [-0.15, -0.1) is 0 Å². The summed E-state index contributed by atoms with van der Waals surface area (Å²) >= 11 is 0. The number of aromatic carboxylic acids is 1. The fourth-order valence-electron chi connectivity index (χ4n) is 4.73. The van der Waals surface area contributed by atoms with Gasteiger partial charge in [-0.05, 0) is 24.3 Å². The lowest BCUT2D eigenvalue weighted by atomic mass is 10.2. The van der Waals surface area contributed by atoms with Crippen LogP contribution in [0.4, 0.5) is 17.1 Å². The number of amides is 2. The molecule has 2 aromatic carbocycles. The Kier molecular flexibility index (Phi) is 21.2. The molecule has 3 rings (SSSR count). The van der Waals surface area contributed by atoms with Gasteiger partial charge in [0.25, 0.3) is 11.4 Å². The summed E-state index contributed by atoms with van der Waals surface area (Å²) in [4.78, 5) is 58.4. The van der Waals surface area contributed by atoms with Crippen LogP contribution in [0.3, 0.4) is 0 Å². The fourth-order valence-corrected chi connectivity index (χ4v) is 4.73. The number of hydrogen-bond acceptors (Lipinski definition) is 15. The molecule has 2 amide bonds. The number of nitrogens with one attached hydrogen (secondary N) is 4. The maximum atomic E-state index is 12.0. The van der Waals surface area contributed by atoms with Crippen molar-refractivity contribution in [1.29, 1.82) is 0 Å². The van der Waals surface area contributed by atoms with E-state index in [1.54, 1.807) is 24.3 Å². The third-order valence-electron chi connectivity index (χ3n) is 7.48. The number of aromatic amines is 1. The van der Waals surface area contributed by atoms with Crippen molar-refractivity contribution in [3.8, 4) is 5.75 Å². The van der Waals surface area contributed by atoms with Crippen LogP contribution in [0.25, 0.3) is 10.9 Å². The lowest BCUT2D eigenvalue weighted by molar-refractivity contribution is -0.393. The fraction of sp³-hybridized carbons (Fsp3) is 0.514. The van der Waals surface area contributed by atoms with Crippen LogP contribution < -0.4 is 20.7 Å². The summed E-state index contributed by atoms with van der Waals surface area (Å²) < 4.78 is 38.2. The maximum absolute atomic E-state index is 12.0. The van der Waals surface area contributed by atoms with Gasteiger partial charge in [-0.3, -0.25) is 29.8 Å². The van der Waals surface area contributed by atoms with E-state index in [9.17, 15) is 34.6 Å². The molecule has 56 heavy (non-hydrogen) atoms. The van der Waals surface area contributed by atoms with E-state index >= 15 is 0 Å². The molecule has 0 fully saturated rings. The number of hydrogen-bond donors (Lipinski definition) is 5. The Balaban J connectivity index is 1.02. The minimum atomic E-state index is -1.02. The van der Waals surface area contributed by atoms with Gasteiger partial charge in [-0.1, -0.05) is 0 Å². The zero-order valence-electron chi connectivity index (χ0n) is 30.8. The number of carboxylic acids is 1. The Labute approximate surface area is 321 Å². The number of nitro groups is 2. The number of rotatable bonds is 32. The van der Waals surface area contributed by atoms with Gasteiger partial charge in [-0.2, -0.15) is 0 Å². The van der Waals surface area contributed by atoms with Crippen molar-refractivity contribution >= 4 is 45.7 Å². The third-order valence-corrected chi connectivity index (χ3v) is 7.48. The molecule has 0 aliphatic carbocycles. The normalized spacial score (nSPS) is 11.0. The third kappa shape index (κ3) is 18.3. The van der Waals surface area contributed by atoms with Crippen LogP contribution in [0.5, 0.6) is 5.75 Å². The number of fused-ring (bicyclic) bond motifs is 1. The average molecular weight is 793 g/mol. The number of anilines is 1. The minimum Gasteiger partial charge on any atom is -0.491 e. The summed E-state index contributed by atoms with van der Waals surface area (Å²) in [5.41, 5.74) is 0.187. The summed E-state index contributed by atoms with van der Waals surface area (Å²) in [5, 5.41) is 40.0. The van der Waals surface area contributed by atoms with Crippen LogP contribution in [0.15, 0.2) is 42.5 Å². The molecule has 0 atom stereocenters. The molecule has 0 radical (unpaired) electrons.